The fraction of sp³-hybridized carbons (Fsp3) is 0.778. The van der Waals surface area contributed by atoms with Gasteiger partial charge in [0, 0.05) is 24.9 Å². The van der Waals surface area contributed by atoms with Crippen molar-refractivity contribution in [3.05, 3.63) is 18.0 Å². The lowest BCUT2D eigenvalue weighted by atomic mass is 9.82. The Kier molecular flexibility index (Phi) is 5.56. The zero-order valence-corrected chi connectivity index (χ0v) is 14.5. The summed E-state index contributed by atoms with van der Waals surface area (Å²) in [6.45, 7) is 3.57. The molecule has 2 aliphatic rings. The van der Waals surface area contributed by atoms with Gasteiger partial charge in [0.05, 0.1) is 24.3 Å². The number of aromatic nitrogens is 2. The number of aryl methyl sites for hydroxylation is 1. The Balaban J connectivity index is 1.61. The van der Waals surface area contributed by atoms with E-state index in [1.807, 2.05) is 24.0 Å². The average molecular weight is 335 g/mol. The van der Waals surface area contributed by atoms with Crippen LogP contribution in [0.25, 0.3) is 0 Å². The Hall–Kier alpha value is -1.40. The van der Waals surface area contributed by atoms with Gasteiger partial charge in [-0.1, -0.05) is 19.3 Å². The molecule has 1 aliphatic heterocycles. The first-order valence-corrected chi connectivity index (χ1v) is 9.25. The molecule has 2 fully saturated rings. The highest BCUT2D eigenvalue weighted by Gasteiger charge is 2.34. The number of hydrogen-bond acceptors (Lipinski definition) is 4. The quantitative estimate of drug-likeness (QED) is 0.866. The molecule has 134 valence electrons. The van der Waals surface area contributed by atoms with Crippen molar-refractivity contribution in [2.45, 2.75) is 82.6 Å². The molecule has 2 N–H and O–H groups in total. The smallest absolute Gasteiger partial charge is 0.223 e. The molecule has 1 aromatic heterocycles. The molecule has 1 amide bonds. The first kappa shape index (κ1) is 17.4. The standard InChI is InChI=1S/C18H29N3O3/c1-2-21-13-14(12-19-21)17-15(7-6-10-24-17)20-16(22)11-18(23)8-4-3-5-9-18/h12-13,15,17,23H,2-11H2,1H3,(H,20,22)/t15-,17+/m0/s1. The minimum Gasteiger partial charge on any atom is -0.389 e. The number of carbonyl (C=O) groups is 1. The van der Waals surface area contributed by atoms with Crippen molar-refractivity contribution in [3.63, 3.8) is 0 Å². The summed E-state index contributed by atoms with van der Waals surface area (Å²) >= 11 is 0. The van der Waals surface area contributed by atoms with Gasteiger partial charge in [0.25, 0.3) is 0 Å². The van der Waals surface area contributed by atoms with Crippen molar-refractivity contribution in [2.24, 2.45) is 0 Å². The van der Waals surface area contributed by atoms with E-state index in [9.17, 15) is 9.90 Å². The second kappa shape index (κ2) is 7.66. The molecule has 6 heteroatoms. The molecular formula is C18H29N3O3. The van der Waals surface area contributed by atoms with Crippen molar-refractivity contribution in [1.82, 2.24) is 15.1 Å². The lowest BCUT2D eigenvalue weighted by Gasteiger charge is -2.34. The molecule has 1 saturated carbocycles. The van der Waals surface area contributed by atoms with Crippen LogP contribution in [0.15, 0.2) is 12.4 Å². The molecule has 0 aromatic carbocycles. The molecule has 0 bridgehead atoms. The predicted octanol–water partition coefficient (Wildman–Crippen LogP) is 2.32. The molecule has 3 rings (SSSR count). The van der Waals surface area contributed by atoms with Crippen molar-refractivity contribution in [3.8, 4) is 0 Å². The number of hydrogen-bond donors (Lipinski definition) is 2. The number of nitrogens with one attached hydrogen (secondary N) is 1. The van der Waals surface area contributed by atoms with Crippen LogP contribution in [0, 0.1) is 0 Å². The summed E-state index contributed by atoms with van der Waals surface area (Å²) in [5.74, 6) is -0.0669. The number of aliphatic hydroxyl groups is 1. The zero-order valence-electron chi connectivity index (χ0n) is 14.5. The van der Waals surface area contributed by atoms with E-state index in [1.165, 1.54) is 0 Å². The number of carbonyl (C=O) groups excluding carboxylic acids is 1. The normalized spacial score (nSPS) is 26.9. The molecule has 1 saturated heterocycles. The van der Waals surface area contributed by atoms with E-state index < -0.39 is 5.60 Å². The lowest BCUT2D eigenvalue weighted by molar-refractivity contribution is -0.130. The minimum absolute atomic E-state index is 0.0482. The van der Waals surface area contributed by atoms with Crippen molar-refractivity contribution < 1.29 is 14.6 Å². The van der Waals surface area contributed by atoms with Gasteiger partial charge >= 0.3 is 0 Å². The first-order chi connectivity index (χ1) is 11.6. The summed E-state index contributed by atoms with van der Waals surface area (Å²) < 4.78 is 7.79. The van der Waals surface area contributed by atoms with Crippen LogP contribution in [0.4, 0.5) is 0 Å². The average Bonchev–Trinajstić information content (AvgIpc) is 3.04. The van der Waals surface area contributed by atoms with Gasteiger partial charge in [0.1, 0.15) is 6.10 Å². The molecule has 2 heterocycles. The summed E-state index contributed by atoms with van der Waals surface area (Å²) in [4.78, 5) is 12.5. The first-order valence-electron chi connectivity index (χ1n) is 9.25. The van der Waals surface area contributed by atoms with Crippen molar-refractivity contribution in [1.29, 1.82) is 0 Å². The molecular weight excluding hydrogens is 306 g/mol. The third-order valence-corrected chi connectivity index (χ3v) is 5.25. The van der Waals surface area contributed by atoms with Crippen LogP contribution in [0.2, 0.25) is 0 Å². The van der Waals surface area contributed by atoms with E-state index in [-0.39, 0.29) is 24.5 Å². The lowest BCUT2D eigenvalue weighted by Crippen LogP contribution is -2.46. The van der Waals surface area contributed by atoms with E-state index >= 15 is 0 Å². The molecule has 0 radical (unpaired) electrons. The highest BCUT2D eigenvalue weighted by atomic mass is 16.5. The largest absolute Gasteiger partial charge is 0.389 e. The maximum absolute atomic E-state index is 12.5. The summed E-state index contributed by atoms with van der Waals surface area (Å²) in [7, 11) is 0. The van der Waals surface area contributed by atoms with Gasteiger partial charge in [-0.25, -0.2) is 0 Å². The number of amides is 1. The molecule has 0 unspecified atom stereocenters. The SMILES string of the molecule is CCn1cc([C@H]2OCCC[C@@H]2NC(=O)CC2(O)CCCCC2)cn1. The Labute approximate surface area is 143 Å². The topological polar surface area (TPSA) is 76.4 Å². The van der Waals surface area contributed by atoms with Crippen LogP contribution in [0.5, 0.6) is 0 Å². The Morgan fingerprint density at radius 3 is 2.92 bits per heavy atom. The number of nitrogens with zero attached hydrogens (tertiary/aromatic N) is 2. The Bertz CT molecular complexity index is 551. The highest BCUT2D eigenvalue weighted by molar-refractivity contribution is 5.77. The van der Waals surface area contributed by atoms with Crippen molar-refractivity contribution in [2.75, 3.05) is 6.61 Å². The number of rotatable bonds is 5. The Morgan fingerprint density at radius 2 is 2.21 bits per heavy atom. The van der Waals surface area contributed by atoms with Gasteiger partial charge < -0.3 is 15.2 Å². The molecule has 1 aliphatic carbocycles. The second-order valence-electron chi connectivity index (χ2n) is 7.20. The third-order valence-electron chi connectivity index (χ3n) is 5.25. The van der Waals surface area contributed by atoms with E-state index in [2.05, 4.69) is 10.4 Å². The van der Waals surface area contributed by atoms with Gasteiger partial charge in [-0.05, 0) is 32.6 Å². The van der Waals surface area contributed by atoms with Gasteiger partial charge in [0.15, 0.2) is 0 Å². The molecule has 0 spiro atoms. The molecule has 24 heavy (non-hydrogen) atoms. The van der Waals surface area contributed by atoms with E-state index in [1.54, 1.807) is 0 Å². The monoisotopic (exact) mass is 335 g/mol. The van der Waals surface area contributed by atoms with Gasteiger partial charge in [-0.2, -0.15) is 5.10 Å². The van der Waals surface area contributed by atoms with Crippen molar-refractivity contribution >= 4 is 5.91 Å². The third kappa shape index (κ3) is 4.16. The highest BCUT2D eigenvalue weighted by Crippen LogP contribution is 2.32. The second-order valence-corrected chi connectivity index (χ2v) is 7.20. The summed E-state index contributed by atoms with van der Waals surface area (Å²) in [5, 5.41) is 18.0. The molecule has 1 aromatic rings. The van der Waals surface area contributed by atoms with Gasteiger partial charge in [-0.15, -0.1) is 0 Å². The van der Waals surface area contributed by atoms with Gasteiger partial charge in [0.2, 0.25) is 5.91 Å². The fourth-order valence-electron chi connectivity index (χ4n) is 3.90. The van der Waals surface area contributed by atoms with Crippen LogP contribution >= 0.6 is 0 Å². The van der Waals surface area contributed by atoms with Gasteiger partial charge in [-0.3, -0.25) is 9.48 Å². The van der Waals surface area contributed by atoms with E-state index in [0.717, 1.165) is 57.1 Å². The molecule has 6 nitrogen and oxygen atoms in total. The Morgan fingerprint density at radius 1 is 1.42 bits per heavy atom. The minimum atomic E-state index is -0.819. The fourth-order valence-corrected chi connectivity index (χ4v) is 3.90. The van der Waals surface area contributed by atoms with Crippen LogP contribution in [-0.4, -0.2) is 39.0 Å². The number of ether oxygens (including phenoxy) is 1. The molecule has 2 atom stereocenters. The van der Waals surface area contributed by atoms with Crippen LogP contribution in [-0.2, 0) is 16.1 Å². The zero-order chi connectivity index (χ0) is 17.0. The predicted molar refractivity (Wildman–Crippen MR) is 90.4 cm³/mol. The maximum atomic E-state index is 12.5. The van der Waals surface area contributed by atoms with Crippen LogP contribution in [0.3, 0.4) is 0 Å². The summed E-state index contributed by atoms with van der Waals surface area (Å²) in [6.07, 6.45) is 10.3. The summed E-state index contributed by atoms with van der Waals surface area (Å²) in [5.41, 5.74) is 0.193. The van der Waals surface area contributed by atoms with Crippen LogP contribution in [0.1, 0.15) is 70.0 Å². The van der Waals surface area contributed by atoms with Crippen LogP contribution < -0.4 is 5.32 Å². The maximum Gasteiger partial charge on any atom is 0.223 e. The van der Waals surface area contributed by atoms with E-state index in [0.29, 0.717) is 6.61 Å². The summed E-state index contributed by atoms with van der Waals surface area (Å²) in [6, 6.07) is -0.0482. The van der Waals surface area contributed by atoms with E-state index in [4.69, 9.17) is 4.74 Å².